The van der Waals surface area contributed by atoms with Crippen molar-refractivity contribution in [3.63, 3.8) is 0 Å². The zero-order chi connectivity index (χ0) is 22.8. The molecule has 3 heterocycles. The quantitative estimate of drug-likeness (QED) is 0.421. The van der Waals surface area contributed by atoms with E-state index in [4.69, 9.17) is 4.52 Å². The van der Waals surface area contributed by atoms with Crippen molar-refractivity contribution in [3.8, 4) is 0 Å². The number of rotatable bonds is 5. The van der Waals surface area contributed by atoms with Crippen LogP contribution in [0.5, 0.6) is 0 Å². The SMILES string of the molecule is Cc1ccc(NC(=O)c2noc([C@@H](C)NC(=O)c3ncnc4[nH]c(=O)cnc34)n2)cc1C. The normalized spacial score (nSPS) is 11.8. The van der Waals surface area contributed by atoms with Crippen molar-refractivity contribution in [2.45, 2.75) is 26.8 Å². The van der Waals surface area contributed by atoms with E-state index in [1.54, 1.807) is 13.0 Å². The van der Waals surface area contributed by atoms with Gasteiger partial charge in [-0.15, -0.1) is 0 Å². The lowest BCUT2D eigenvalue weighted by molar-refractivity contribution is 0.0928. The van der Waals surface area contributed by atoms with Crippen LogP contribution in [-0.2, 0) is 0 Å². The van der Waals surface area contributed by atoms with E-state index in [-0.39, 0.29) is 28.6 Å². The minimum atomic E-state index is -0.731. The molecule has 0 saturated carbocycles. The van der Waals surface area contributed by atoms with Gasteiger partial charge in [-0.1, -0.05) is 11.2 Å². The first kappa shape index (κ1) is 20.8. The molecular formula is C20H18N8O4. The second-order valence-electron chi connectivity index (χ2n) is 7.07. The lowest BCUT2D eigenvalue weighted by atomic mass is 10.1. The number of nitrogens with one attached hydrogen (secondary N) is 3. The van der Waals surface area contributed by atoms with Crippen molar-refractivity contribution < 1.29 is 14.1 Å². The second-order valence-corrected chi connectivity index (χ2v) is 7.07. The lowest BCUT2D eigenvalue weighted by Gasteiger charge is -2.09. The molecule has 0 aliphatic carbocycles. The summed E-state index contributed by atoms with van der Waals surface area (Å²) < 4.78 is 5.14. The van der Waals surface area contributed by atoms with Crippen LogP contribution in [0.4, 0.5) is 5.69 Å². The number of hydrogen-bond acceptors (Lipinski definition) is 9. The van der Waals surface area contributed by atoms with Gasteiger partial charge in [0.05, 0.1) is 6.20 Å². The smallest absolute Gasteiger partial charge is 0.297 e. The van der Waals surface area contributed by atoms with Gasteiger partial charge < -0.3 is 20.1 Å². The zero-order valence-electron chi connectivity index (χ0n) is 17.3. The number of benzene rings is 1. The predicted octanol–water partition coefficient (Wildman–Crippen LogP) is 1.46. The Balaban J connectivity index is 1.47. The largest absolute Gasteiger partial charge is 0.339 e. The van der Waals surface area contributed by atoms with Crippen LogP contribution in [0.15, 0.2) is 40.0 Å². The highest BCUT2D eigenvalue weighted by Gasteiger charge is 2.23. The summed E-state index contributed by atoms with van der Waals surface area (Å²) in [5.41, 5.74) is 2.52. The van der Waals surface area contributed by atoms with Gasteiger partial charge in [-0.25, -0.2) is 15.0 Å². The van der Waals surface area contributed by atoms with Gasteiger partial charge in [0.1, 0.15) is 17.9 Å². The van der Waals surface area contributed by atoms with Gasteiger partial charge in [0.25, 0.3) is 23.2 Å². The van der Waals surface area contributed by atoms with Crippen LogP contribution in [0, 0.1) is 13.8 Å². The molecule has 0 aliphatic rings. The fraction of sp³-hybridized carbons (Fsp3) is 0.200. The Bertz CT molecular complexity index is 1390. The van der Waals surface area contributed by atoms with Gasteiger partial charge in [-0.3, -0.25) is 14.4 Å². The van der Waals surface area contributed by atoms with Crippen LogP contribution >= 0.6 is 0 Å². The molecule has 12 heteroatoms. The monoisotopic (exact) mass is 434 g/mol. The number of fused-ring (bicyclic) bond motifs is 1. The number of hydrogen-bond donors (Lipinski definition) is 3. The second kappa shape index (κ2) is 8.34. The van der Waals surface area contributed by atoms with E-state index in [2.05, 4.69) is 40.7 Å². The molecule has 4 rings (SSSR count). The molecule has 0 radical (unpaired) electrons. The van der Waals surface area contributed by atoms with Crippen LogP contribution < -0.4 is 16.2 Å². The summed E-state index contributed by atoms with van der Waals surface area (Å²) in [5, 5.41) is 9.04. The highest BCUT2D eigenvalue weighted by Crippen LogP contribution is 2.16. The zero-order valence-corrected chi connectivity index (χ0v) is 17.3. The van der Waals surface area contributed by atoms with E-state index in [0.717, 1.165) is 23.7 Å². The minimum absolute atomic E-state index is 0.0308. The number of amides is 2. The number of anilines is 1. The standard InChI is InChI=1S/C20H18N8O4/c1-9-4-5-12(6-10(9)2)25-19(31)17-27-20(32-28-17)11(3)24-18(30)15-14-16(23-8-22-15)26-13(29)7-21-14/h4-8,11H,1-3H3,(H,24,30)(H,25,31)(H,22,23,26,29)/t11-/m1/s1. The Morgan fingerprint density at radius 2 is 1.91 bits per heavy atom. The molecule has 0 aliphatic heterocycles. The number of nitrogens with zero attached hydrogens (tertiary/aromatic N) is 5. The maximum absolute atomic E-state index is 12.7. The summed E-state index contributed by atoms with van der Waals surface area (Å²) in [6.07, 6.45) is 2.17. The fourth-order valence-corrected chi connectivity index (χ4v) is 2.87. The molecule has 0 bridgehead atoms. The van der Waals surface area contributed by atoms with Crippen LogP contribution in [0.3, 0.4) is 0 Å². The maximum Gasteiger partial charge on any atom is 0.297 e. The van der Waals surface area contributed by atoms with Crippen molar-refractivity contribution in [2.24, 2.45) is 0 Å². The Labute approximate surface area is 180 Å². The first-order valence-corrected chi connectivity index (χ1v) is 9.55. The molecule has 3 aromatic heterocycles. The molecule has 1 atom stereocenters. The van der Waals surface area contributed by atoms with Crippen LogP contribution in [-0.4, -0.2) is 41.9 Å². The van der Waals surface area contributed by atoms with Crippen LogP contribution in [0.25, 0.3) is 11.2 Å². The average Bonchev–Trinajstić information content (AvgIpc) is 3.26. The first-order chi connectivity index (χ1) is 15.3. The number of H-pyrrole nitrogens is 1. The number of carbonyl (C=O) groups excluding carboxylic acids is 2. The molecular weight excluding hydrogens is 416 g/mol. The van der Waals surface area contributed by atoms with Crippen LogP contribution in [0.1, 0.15) is 51.1 Å². The third kappa shape index (κ3) is 4.19. The van der Waals surface area contributed by atoms with E-state index in [9.17, 15) is 14.4 Å². The fourth-order valence-electron chi connectivity index (χ4n) is 2.87. The van der Waals surface area contributed by atoms with E-state index in [1.807, 2.05) is 26.0 Å². The van der Waals surface area contributed by atoms with Gasteiger partial charge in [0.2, 0.25) is 5.89 Å². The summed E-state index contributed by atoms with van der Waals surface area (Å²) in [5.74, 6) is -1.28. The van der Waals surface area contributed by atoms with Crippen LogP contribution in [0.2, 0.25) is 0 Å². The molecule has 0 fully saturated rings. The first-order valence-electron chi connectivity index (χ1n) is 9.55. The molecule has 32 heavy (non-hydrogen) atoms. The molecule has 0 spiro atoms. The summed E-state index contributed by atoms with van der Waals surface area (Å²) in [4.78, 5) is 54.8. The number of carbonyl (C=O) groups is 2. The molecule has 0 saturated heterocycles. The number of aryl methyl sites for hydroxylation is 2. The van der Waals surface area contributed by atoms with Gasteiger partial charge >= 0.3 is 0 Å². The molecule has 1 aromatic carbocycles. The molecule has 0 unspecified atom stereocenters. The lowest BCUT2D eigenvalue weighted by Crippen LogP contribution is -2.28. The maximum atomic E-state index is 12.7. The summed E-state index contributed by atoms with van der Waals surface area (Å²) in [7, 11) is 0. The van der Waals surface area contributed by atoms with Gasteiger partial charge in [-0.05, 0) is 44.0 Å². The third-order valence-electron chi connectivity index (χ3n) is 4.72. The van der Waals surface area contributed by atoms with E-state index < -0.39 is 23.4 Å². The van der Waals surface area contributed by atoms with Crippen molar-refractivity contribution in [1.29, 1.82) is 0 Å². The molecule has 162 valence electrons. The number of aromatic amines is 1. The Hall–Kier alpha value is -4.48. The molecule has 2 amide bonds. The highest BCUT2D eigenvalue weighted by molar-refractivity contribution is 6.02. The Kier molecular flexibility index (Phi) is 5.41. The molecule has 3 N–H and O–H groups in total. The topological polar surface area (TPSA) is 169 Å². The molecule has 4 aromatic rings. The van der Waals surface area contributed by atoms with E-state index >= 15 is 0 Å². The van der Waals surface area contributed by atoms with Gasteiger partial charge in [0.15, 0.2) is 11.3 Å². The average molecular weight is 434 g/mol. The third-order valence-corrected chi connectivity index (χ3v) is 4.72. The predicted molar refractivity (Wildman–Crippen MR) is 112 cm³/mol. The van der Waals surface area contributed by atoms with Crippen molar-refractivity contribution >= 4 is 28.7 Å². The van der Waals surface area contributed by atoms with Gasteiger partial charge in [0, 0.05) is 5.69 Å². The minimum Gasteiger partial charge on any atom is -0.339 e. The van der Waals surface area contributed by atoms with Crippen molar-refractivity contribution in [1.82, 2.24) is 35.4 Å². The van der Waals surface area contributed by atoms with E-state index in [1.165, 1.54) is 0 Å². The summed E-state index contributed by atoms with van der Waals surface area (Å²) >= 11 is 0. The van der Waals surface area contributed by atoms with Crippen molar-refractivity contribution in [3.05, 3.63) is 69.6 Å². The van der Waals surface area contributed by atoms with E-state index in [0.29, 0.717) is 5.69 Å². The number of aromatic nitrogens is 6. The molecule has 12 nitrogen and oxygen atoms in total. The summed E-state index contributed by atoms with van der Waals surface area (Å²) in [6, 6.07) is 4.78. The summed E-state index contributed by atoms with van der Waals surface area (Å²) in [6.45, 7) is 5.52. The highest BCUT2D eigenvalue weighted by atomic mass is 16.5. The van der Waals surface area contributed by atoms with Crippen molar-refractivity contribution in [2.75, 3.05) is 5.32 Å². The Morgan fingerprint density at radius 3 is 2.69 bits per heavy atom. The van der Waals surface area contributed by atoms with Gasteiger partial charge in [-0.2, -0.15) is 4.98 Å². The Morgan fingerprint density at radius 1 is 1.09 bits per heavy atom.